The fourth-order valence-corrected chi connectivity index (χ4v) is 3.10. The summed E-state index contributed by atoms with van der Waals surface area (Å²) in [6.07, 6.45) is 0.933. The molecule has 0 bridgehead atoms. The zero-order chi connectivity index (χ0) is 15.8. The van der Waals surface area contributed by atoms with Crippen LogP contribution in [0.2, 0.25) is 10.0 Å². The Morgan fingerprint density at radius 3 is 2.55 bits per heavy atom. The van der Waals surface area contributed by atoms with Crippen LogP contribution in [0.1, 0.15) is 18.9 Å². The predicted octanol–water partition coefficient (Wildman–Crippen LogP) is 2.78. The minimum atomic E-state index is 0.583. The molecule has 0 radical (unpaired) electrons. The molecule has 1 fully saturated rings. The van der Waals surface area contributed by atoms with Crippen molar-refractivity contribution in [3.63, 3.8) is 0 Å². The van der Waals surface area contributed by atoms with Gasteiger partial charge in [-0.2, -0.15) is 0 Å². The first kappa shape index (κ1) is 17.8. The van der Waals surface area contributed by atoms with Crippen LogP contribution in [0, 0.1) is 0 Å². The Morgan fingerprint density at radius 2 is 1.91 bits per heavy atom. The fraction of sp³-hybridized carbons (Fsp3) is 0.625. The lowest BCUT2D eigenvalue weighted by Gasteiger charge is -2.27. The molecule has 2 N–H and O–H groups in total. The zero-order valence-corrected chi connectivity index (χ0v) is 14.6. The van der Waals surface area contributed by atoms with Crippen LogP contribution in [-0.4, -0.2) is 50.8 Å². The van der Waals surface area contributed by atoms with Gasteiger partial charge in [0.2, 0.25) is 0 Å². The highest BCUT2D eigenvalue weighted by Gasteiger charge is 2.10. The van der Waals surface area contributed by atoms with Gasteiger partial charge in [-0.1, -0.05) is 30.1 Å². The molecule has 0 saturated carbocycles. The molecule has 4 nitrogen and oxygen atoms in total. The third-order valence-electron chi connectivity index (χ3n) is 3.65. The normalized spacial score (nSPS) is 16.0. The van der Waals surface area contributed by atoms with E-state index in [1.54, 1.807) is 0 Å². The molecule has 0 spiro atoms. The summed E-state index contributed by atoms with van der Waals surface area (Å²) < 4.78 is 5.58. The van der Waals surface area contributed by atoms with E-state index in [-0.39, 0.29) is 0 Å². The summed E-state index contributed by atoms with van der Waals surface area (Å²) in [5.74, 6) is 0.592. The van der Waals surface area contributed by atoms with E-state index in [0.717, 1.165) is 57.8 Å². The number of nitrogens with zero attached hydrogens (tertiary/aromatic N) is 1. The van der Waals surface area contributed by atoms with E-state index in [4.69, 9.17) is 27.9 Å². The van der Waals surface area contributed by atoms with Crippen LogP contribution >= 0.6 is 23.2 Å². The molecule has 1 aliphatic rings. The minimum Gasteiger partial charge on any atom is -0.490 e. The minimum absolute atomic E-state index is 0.583. The number of ether oxygens (including phenoxy) is 1. The largest absolute Gasteiger partial charge is 0.490 e. The van der Waals surface area contributed by atoms with Crippen LogP contribution in [0.3, 0.4) is 0 Å². The number of rotatable bonds is 8. The average molecular weight is 346 g/mol. The Balaban J connectivity index is 1.77. The second-order valence-corrected chi connectivity index (χ2v) is 6.32. The highest BCUT2D eigenvalue weighted by Crippen LogP contribution is 2.34. The van der Waals surface area contributed by atoms with E-state index >= 15 is 0 Å². The molecule has 0 aromatic heterocycles. The molecular weight excluding hydrogens is 321 g/mol. The van der Waals surface area contributed by atoms with Crippen LogP contribution in [0.25, 0.3) is 0 Å². The predicted molar refractivity (Wildman–Crippen MR) is 93.3 cm³/mol. The molecule has 2 rings (SSSR count). The van der Waals surface area contributed by atoms with Crippen LogP contribution < -0.4 is 15.4 Å². The number of benzene rings is 1. The van der Waals surface area contributed by atoms with Gasteiger partial charge in [0, 0.05) is 45.8 Å². The maximum Gasteiger partial charge on any atom is 0.156 e. The Labute approximate surface area is 143 Å². The van der Waals surface area contributed by atoms with Crippen LogP contribution in [-0.2, 0) is 6.54 Å². The van der Waals surface area contributed by atoms with Gasteiger partial charge >= 0.3 is 0 Å². The maximum absolute atomic E-state index is 6.25. The topological polar surface area (TPSA) is 36.5 Å². The lowest BCUT2D eigenvalue weighted by molar-refractivity contribution is 0.241. The Morgan fingerprint density at radius 1 is 1.23 bits per heavy atom. The number of nitrogens with one attached hydrogen (secondary N) is 2. The highest BCUT2D eigenvalue weighted by molar-refractivity contribution is 6.37. The van der Waals surface area contributed by atoms with Crippen molar-refractivity contribution in [3.8, 4) is 5.75 Å². The van der Waals surface area contributed by atoms with E-state index in [9.17, 15) is 0 Å². The van der Waals surface area contributed by atoms with Crippen molar-refractivity contribution in [1.82, 2.24) is 15.5 Å². The molecule has 22 heavy (non-hydrogen) atoms. The quantitative estimate of drug-likeness (QED) is 0.710. The van der Waals surface area contributed by atoms with Gasteiger partial charge in [0.25, 0.3) is 0 Å². The maximum atomic E-state index is 6.25. The number of piperazine rings is 1. The highest BCUT2D eigenvalue weighted by atomic mass is 35.5. The Kier molecular flexibility index (Phi) is 7.76. The molecule has 6 heteroatoms. The first-order valence-electron chi connectivity index (χ1n) is 7.95. The van der Waals surface area contributed by atoms with Crippen molar-refractivity contribution >= 4 is 23.2 Å². The Bertz CT molecular complexity index is 442. The van der Waals surface area contributed by atoms with Crippen molar-refractivity contribution < 1.29 is 4.74 Å². The van der Waals surface area contributed by atoms with Gasteiger partial charge in [0.05, 0.1) is 16.7 Å². The van der Waals surface area contributed by atoms with E-state index in [1.165, 1.54) is 0 Å². The molecule has 1 aliphatic heterocycles. The van der Waals surface area contributed by atoms with Crippen molar-refractivity contribution in [2.75, 3.05) is 45.9 Å². The van der Waals surface area contributed by atoms with Crippen molar-refractivity contribution in [1.29, 1.82) is 0 Å². The Hall–Kier alpha value is -0.520. The van der Waals surface area contributed by atoms with E-state index < -0.39 is 0 Å². The molecule has 0 unspecified atom stereocenters. The first-order chi connectivity index (χ1) is 10.7. The van der Waals surface area contributed by atoms with Crippen molar-refractivity contribution in [2.45, 2.75) is 19.9 Å². The van der Waals surface area contributed by atoms with Gasteiger partial charge in [-0.3, -0.25) is 4.90 Å². The fourth-order valence-electron chi connectivity index (χ4n) is 2.46. The monoisotopic (exact) mass is 345 g/mol. The van der Waals surface area contributed by atoms with Gasteiger partial charge in [-0.05, 0) is 24.1 Å². The van der Waals surface area contributed by atoms with Crippen molar-refractivity contribution in [3.05, 3.63) is 27.7 Å². The van der Waals surface area contributed by atoms with E-state index in [0.29, 0.717) is 22.4 Å². The SMILES string of the molecule is CCCOc1c(Cl)cc(CNCCN2CCNCC2)cc1Cl. The van der Waals surface area contributed by atoms with Gasteiger partial charge in [-0.15, -0.1) is 0 Å². The lowest BCUT2D eigenvalue weighted by Crippen LogP contribution is -2.45. The summed E-state index contributed by atoms with van der Waals surface area (Å²) in [5.41, 5.74) is 1.08. The zero-order valence-electron chi connectivity index (χ0n) is 13.1. The molecule has 1 heterocycles. The summed E-state index contributed by atoms with van der Waals surface area (Å²) in [4.78, 5) is 2.46. The molecule has 0 aliphatic carbocycles. The average Bonchev–Trinajstić information content (AvgIpc) is 2.52. The summed E-state index contributed by atoms with van der Waals surface area (Å²) in [7, 11) is 0. The molecule has 0 amide bonds. The lowest BCUT2D eigenvalue weighted by atomic mass is 10.2. The molecular formula is C16H25Cl2N3O. The van der Waals surface area contributed by atoms with Crippen LogP contribution in [0.15, 0.2) is 12.1 Å². The number of hydrogen-bond donors (Lipinski definition) is 2. The molecule has 0 atom stereocenters. The first-order valence-corrected chi connectivity index (χ1v) is 8.70. The van der Waals surface area contributed by atoms with Gasteiger partial charge < -0.3 is 15.4 Å². The van der Waals surface area contributed by atoms with Gasteiger partial charge in [0.1, 0.15) is 0 Å². The summed E-state index contributed by atoms with van der Waals surface area (Å²) in [6.45, 7) is 9.91. The third-order valence-corrected chi connectivity index (χ3v) is 4.21. The van der Waals surface area contributed by atoms with Gasteiger partial charge in [-0.25, -0.2) is 0 Å². The van der Waals surface area contributed by atoms with Crippen LogP contribution in [0.5, 0.6) is 5.75 Å². The number of halogens is 2. The summed E-state index contributed by atoms with van der Waals surface area (Å²) in [5, 5.41) is 7.97. The summed E-state index contributed by atoms with van der Waals surface area (Å²) in [6, 6.07) is 3.85. The molecule has 1 saturated heterocycles. The van der Waals surface area contributed by atoms with E-state index in [1.807, 2.05) is 12.1 Å². The molecule has 1 aromatic rings. The number of hydrogen-bond acceptors (Lipinski definition) is 4. The second kappa shape index (κ2) is 9.58. The second-order valence-electron chi connectivity index (χ2n) is 5.51. The third kappa shape index (κ3) is 5.60. The summed E-state index contributed by atoms with van der Waals surface area (Å²) >= 11 is 12.5. The van der Waals surface area contributed by atoms with Crippen molar-refractivity contribution in [2.24, 2.45) is 0 Å². The van der Waals surface area contributed by atoms with E-state index in [2.05, 4.69) is 22.5 Å². The van der Waals surface area contributed by atoms with Crippen LogP contribution in [0.4, 0.5) is 0 Å². The standard InChI is InChI=1S/C16H25Cl2N3O/c1-2-9-22-16-14(17)10-13(11-15(16)18)12-20-5-8-21-6-3-19-4-7-21/h10-11,19-20H,2-9,12H2,1H3. The smallest absolute Gasteiger partial charge is 0.156 e. The molecule has 124 valence electrons. The molecule has 1 aromatic carbocycles. The van der Waals surface area contributed by atoms with Gasteiger partial charge in [0.15, 0.2) is 5.75 Å².